The number of piperidine rings is 1. The molecule has 0 radical (unpaired) electrons. The lowest BCUT2D eigenvalue weighted by molar-refractivity contribution is -0.161. The number of thiophene rings is 1. The zero-order valence-corrected chi connectivity index (χ0v) is 22.0. The zero-order valence-electron chi connectivity index (χ0n) is 21.2. The monoisotopic (exact) mass is 510 g/mol. The van der Waals surface area contributed by atoms with Gasteiger partial charge in [0.2, 0.25) is 11.8 Å². The van der Waals surface area contributed by atoms with Crippen LogP contribution < -0.4 is 10.6 Å². The topological polar surface area (TPSA) is 81.8 Å². The van der Waals surface area contributed by atoms with Crippen molar-refractivity contribution in [1.29, 1.82) is 0 Å². The van der Waals surface area contributed by atoms with Gasteiger partial charge in [-0.25, -0.2) is 0 Å². The molecular weight excluding hydrogens is 472 g/mol. The van der Waals surface area contributed by atoms with Gasteiger partial charge in [-0.1, -0.05) is 43.3 Å². The Morgan fingerprint density at radius 2 is 1.86 bits per heavy atom. The normalized spacial score (nSPS) is 19.9. The first kappa shape index (κ1) is 26.4. The van der Waals surface area contributed by atoms with E-state index in [2.05, 4.69) is 46.7 Å². The molecule has 2 saturated heterocycles. The summed E-state index contributed by atoms with van der Waals surface area (Å²) in [5.74, 6) is 0.00397. The molecule has 2 aromatic rings. The molecule has 1 spiro atoms. The summed E-state index contributed by atoms with van der Waals surface area (Å²) >= 11 is 1.42. The Bertz CT molecular complexity index is 1000. The van der Waals surface area contributed by atoms with E-state index in [1.165, 1.54) is 16.9 Å². The molecule has 2 N–H and O–H groups in total. The first-order chi connectivity index (χ1) is 17.5. The van der Waals surface area contributed by atoms with Crippen LogP contribution in [-0.4, -0.2) is 71.8 Å². The predicted molar refractivity (Wildman–Crippen MR) is 143 cm³/mol. The van der Waals surface area contributed by atoms with Crippen LogP contribution in [-0.2, 0) is 16.0 Å². The van der Waals surface area contributed by atoms with Crippen LogP contribution in [0.25, 0.3) is 0 Å². The average Bonchev–Trinajstić information content (AvgIpc) is 3.45. The molecule has 2 aliphatic rings. The number of likely N-dealkylation sites (tertiary alicyclic amines) is 1. The summed E-state index contributed by atoms with van der Waals surface area (Å²) in [7, 11) is 0. The van der Waals surface area contributed by atoms with Crippen molar-refractivity contribution < 1.29 is 14.4 Å². The van der Waals surface area contributed by atoms with Crippen molar-refractivity contribution in [3.63, 3.8) is 0 Å². The second-order valence-corrected chi connectivity index (χ2v) is 10.8. The van der Waals surface area contributed by atoms with Gasteiger partial charge in [0.25, 0.3) is 5.91 Å². The molecule has 1 aromatic heterocycles. The Morgan fingerprint density at radius 3 is 2.56 bits per heavy atom. The van der Waals surface area contributed by atoms with E-state index < -0.39 is 11.6 Å². The molecule has 0 bridgehead atoms. The maximum atomic E-state index is 13.5. The number of rotatable bonds is 11. The standard InChI is InChI=1S/C28H38N4O3S/c1-2-17-32-26(34)23(11-6-7-16-29-25(33)24-12-8-21-36-24)30-27(35)28(32)14-19-31(20-15-28)18-13-22-9-4-3-5-10-22/h3-5,8-10,12,21,23H,2,6-7,11,13-20H2,1H3,(H,29,33)(H,30,35)/t23-/m0/s1. The van der Waals surface area contributed by atoms with Crippen molar-refractivity contribution >= 4 is 29.1 Å². The quantitative estimate of drug-likeness (QED) is 0.454. The van der Waals surface area contributed by atoms with E-state index in [-0.39, 0.29) is 17.7 Å². The molecule has 194 valence electrons. The van der Waals surface area contributed by atoms with Crippen molar-refractivity contribution in [2.24, 2.45) is 0 Å². The smallest absolute Gasteiger partial charge is 0.261 e. The molecule has 8 heteroatoms. The van der Waals surface area contributed by atoms with Crippen LogP contribution in [0.15, 0.2) is 47.8 Å². The number of piperazine rings is 1. The largest absolute Gasteiger partial charge is 0.351 e. The van der Waals surface area contributed by atoms with Crippen LogP contribution in [0.3, 0.4) is 0 Å². The van der Waals surface area contributed by atoms with Crippen LogP contribution in [0.5, 0.6) is 0 Å². The first-order valence-electron chi connectivity index (χ1n) is 13.2. The summed E-state index contributed by atoms with van der Waals surface area (Å²) in [5, 5.41) is 7.89. The predicted octanol–water partition coefficient (Wildman–Crippen LogP) is 3.46. The summed E-state index contributed by atoms with van der Waals surface area (Å²) in [6.07, 6.45) is 5.32. The van der Waals surface area contributed by atoms with Gasteiger partial charge in [-0.2, -0.15) is 0 Å². The number of carbonyl (C=O) groups excluding carboxylic acids is 3. The molecule has 2 aliphatic heterocycles. The maximum Gasteiger partial charge on any atom is 0.261 e. The summed E-state index contributed by atoms with van der Waals surface area (Å²) in [4.78, 5) is 44.0. The Kier molecular flexibility index (Phi) is 9.15. The summed E-state index contributed by atoms with van der Waals surface area (Å²) < 4.78 is 0. The lowest BCUT2D eigenvalue weighted by atomic mass is 9.81. The van der Waals surface area contributed by atoms with Gasteiger partial charge in [0.1, 0.15) is 11.6 Å². The van der Waals surface area contributed by atoms with E-state index in [9.17, 15) is 14.4 Å². The Balaban J connectivity index is 1.27. The van der Waals surface area contributed by atoms with Crippen LogP contribution in [0.2, 0.25) is 0 Å². The highest BCUT2D eigenvalue weighted by atomic mass is 32.1. The molecule has 1 atom stereocenters. The van der Waals surface area contributed by atoms with E-state index in [0.717, 1.165) is 45.3 Å². The van der Waals surface area contributed by atoms with E-state index >= 15 is 0 Å². The fourth-order valence-electron chi connectivity index (χ4n) is 5.37. The molecule has 0 saturated carbocycles. The van der Waals surface area contributed by atoms with Crippen molar-refractivity contribution in [1.82, 2.24) is 20.4 Å². The fourth-order valence-corrected chi connectivity index (χ4v) is 6.01. The van der Waals surface area contributed by atoms with Gasteiger partial charge in [-0.05, 0) is 62.0 Å². The number of nitrogens with zero attached hydrogens (tertiary/aromatic N) is 2. The van der Waals surface area contributed by atoms with Gasteiger partial charge in [0, 0.05) is 32.7 Å². The highest BCUT2D eigenvalue weighted by Gasteiger charge is 2.52. The van der Waals surface area contributed by atoms with E-state index in [4.69, 9.17) is 0 Å². The third kappa shape index (κ3) is 6.16. The molecule has 3 heterocycles. The van der Waals surface area contributed by atoms with E-state index in [0.29, 0.717) is 37.2 Å². The van der Waals surface area contributed by atoms with Crippen LogP contribution in [0, 0.1) is 0 Å². The highest BCUT2D eigenvalue weighted by Crippen LogP contribution is 2.34. The van der Waals surface area contributed by atoms with Crippen LogP contribution >= 0.6 is 11.3 Å². The van der Waals surface area contributed by atoms with Crippen molar-refractivity contribution in [3.05, 3.63) is 58.3 Å². The van der Waals surface area contributed by atoms with Gasteiger partial charge in [-0.3, -0.25) is 14.4 Å². The minimum absolute atomic E-state index is 0.00857. The zero-order chi connectivity index (χ0) is 25.4. The van der Waals surface area contributed by atoms with E-state index in [1.807, 2.05) is 28.5 Å². The molecule has 3 amide bonds. The summed E-state index contributed by atoms with van der Waals surface area (Å²) in [6.45, 7) is 5.85. The minimum atomic E-state index is -0.721. The van der Waals surface area contributed by atoms with Crippen LogP contribution in [0.1, 0.15) is 60.7 Å². The molecule has 7 nitrogen and oxygen atoms in total. The summed E-state index contributed by atoms with van der Waals surface area (Å²) in [5.41, 5.74) is 0.603. The average molecular weight is 511 g/mol. The maximum absolute atomic E-state index is 13.5. The number of amides is 3. The molecule has 2 fully saturated rings. The lowest BCUT2D eigenvalue weighted by Gasteiger charge is -2.51. The Labute approximate surface area is 218 Å². The Morgan fingerprint density at radius 1 is 1.08 bits per heavy atom. The third-order valence-electron chi connectivity index (χ3n) is 7.45. The van der Waals surface area contributed by atoms with Gasteiger partial charge >= 0.3 is 0 Å². The third-order valence-corrected chi connectivity index (χ3v) is 8.32. The fraction of sp³-hybridized carbons (Fsp3) is 0.536. The van der Waals surface area contributed by atoms with Crippen molar-refractivity contribution in [2.75, 3.05) is 32.7 Å². The SMILES string of the molecule is CCCN1C(=O)[C@H](CCCCNC(=O)c2cccs2)NC(=O)C12CCN(CCc1ccccc1)CC2. The minimum Gasteiger partial charge on any atom is -0.351 e. The molecule has 0 aliphatic carbocycles. The van der Waals surface area contributed by atoms with Crippen molar-refractivity contribution in [2.45, 2.75) is 63.5 Å². The van der Waals surface area contributed by atoms with Gasteiger partial charge in [0.05, 0.1) is 4.88 Å². The number of hydrogen-bond acceptors (Lipinski definition) is 5. The van der Waals surface area contributed by atoms with Crippen LogP contribution in [0.4, 0.5) is 0 Å². The number of nitrogens with one attached hydrogen (secondary N) is 2. The molecular formula is C28H38N4O3S. The number of unbranched alkanes of at least 4 members (excludes halogenated alkanes) is 1. The lowest BCUT2D eigenvalue weighted by Crippen LogP contribution is -2.72. The Hall–Kier alpha value is -2.71. The summed E-state index contributed by atoms with van der Waals surface area (Å²) in [6, 6.07) is 13.7. The second-order valence-electron chi connectivity index (χ2n) is 9.85. The van der Waals surface area contributed by atoms with Crippen molar-refractivity contribution in [3.8, 4) is 0 Å². The highest BCUT2D eigenvalue weighted by molar-refractivity contribution is 7.12. The number of benzene rings is 1. The number of carbonyl (C=O) groups is 3. The van der Waals surface area contributed by atoms with Gasteiger partial charge in [-0.15, -0.1) is 11.3 Å². The second kappa shape index (κ2) is 12.5. The first-order valence-corrected chi connectivity index (χ1v) is 14.1. The molecule has 1 aromatic carbocycles. The van der Waals surface area contributed by atoms with Gasteiger partial charge in [0.15, 0.2) is 0 Å². The molecule has 36 heavy (non-hydrogen) atoms. The number of hydrogen-bond donors (Lipinski definition) is 2. The van der Waals surface area contributed by atoms with E-state index in [1.54, 1.807) is 0 Å². The molecule has 4 rings (SSSR count). The molecule has 0 unspecified atom stereocenters. The van der Waals surface area contributed by atoms with Gasteiger partial charge < -0.3 is 20.4 Å².